The maximum absolute atomic E-state index is 12.2. The van der Waals surface area contributed by atoms with Gasteiger partial charge in [-0.25, -0.2) is 0 Å². The van der Waals surface area contributed by atoms with Crippen LogP contribution in [0.15, 0.2) is 22.7 Å². The minimum Gasteiger partial charge on any atom is -0.325 e. The van der Waals surface area contributed by atoms with Crippen molar-refractivity contribution in [3.8, 4) is 6.07 Å². The van der Waals surface area contributed by atoms with Crippen LogP contribution >= 0.6 is 15.9 Å². The number of carbonyl (C=O) groups is 1. The number of carbonyl (C=O) groups excluding carboxylic acids is 1. The van der Waals surface area contributed by atoms with Crippen molar-refractivity contribution in [1.29, 1.82) is 5.26 Å². The lowest BCUT2D eigenvalue weighted by Crippen LogP contribution is -2.22. The molecule has 0 unspecified atom stereocenters. The average Bonchev–Trinajstić information content (AvgIpc) is 2.69. The first-order valence-corrected chi connectivity index (χ1v) is 7.50. The Bertz CT molecular complexity index is 499. The predicted molar refractivity (Wildman–Crippen MR) is 78.7 cm³/mol. The molecule has 19 heavy (non-hydrogen) atoms. The molecule has 100 valence electrons. The van der Waals surface area contributed by atoms with Crippen molar-refractivity contribution in [2.24, 2.45) is 5.92 Å². The number of nitrogens with one attached hydrogen (secondary N) is 1. The van der Waals surface area contributed by atoms with Gasteiger partial charge in [0.2, 0.25) is 5.91 Å². The Morgan fingerprint density at radius 3 is 2.58 bits per heavy atom. The number of rotatable bonds is 2. The first-order valence-electron chi connectivity index (χ1n) is 6.71. The Morgan fingerprint density at radius 2 is 1.95 bits per heavy atom. The average molecular weight is 321 g/mol. The molecule has 1 fully saturated rings. The van der Waals surface area contributed by atoms with Gasteiger partial charge in [0.1, 0.15) is 6.07 Å². The van der Waals surface area contributed by atoms with E-state index in [2.05, 4.69) is 27.3 Å². The SMILES string of the molecule is N#Cc1cc(Br)ccc1NC(=O)C1CCCCCC1. The topological polar surface area (TPSA) is 52.9 Å². The molecule has 4 heteroatoms. The molecule has 2 rings (SSSR count). The summed E-state index contributed by atoms with van der Waals surface area (Å²) < 4.78 is 0.844. The summed E-state index contributed by atoms with van der Waals surface area (Å²) in [5, 5.41) is 12.0. The molecule has 3 nitrogen and oxygen atoms in total. The van der Waals surface area contributed by atoms with Crippen molar-refractivity contribution in [3.05, 3.63) is 28.2 Å². The standard InChI is InChI=1S/C15H17BrN2O/c16-13-7-8-14(12(9-13)10-17)18-15(19)11-5-3-1-2-4-6-11/h7-9,11H,1-6H2,(H,18,19). The van der Waals surface area contributed by atoms with E-state index in [0.717, 1.165) is 30.2 Å². The van der Waals surface area contributed by atoms with Crippen LogP contribution in [0.5, 0.6) is 0 Å². The Morgan fingerprint density at radius 1 is 1.26 bits per heavy atom. The molecule has 0 radical (unpaired) electrons. The zero-order valence-corrected chi connectivity index (χ0v) is 12.4. The summed E-state index contributed by atoms with van der Waals surface area (Å²) in [5.74, 6) is 0.151. The van der Waals surface area contributed by atoms with Crippen molar-refractivity contribution >= 4 is 27.5 Å². The molecule has 1 N–H and O–H groups in total. The minimum atomic E-state index is 0.0562. The summed E-state index contributed by atoms with van der Waals surface area (Å²) in [5.41, 5.74) is 1.11. The number of halogens is 1. The highest BCUT2D eigenvalue weighted by atomic mass is 79.9. The summed E-state index contributed by atoms with van der Waals surface area (Å²) in [6, 6.07) is 7.45. The van der Waals surface area contributed by atoms with Gasteiger partial charge in [0, 0.05) is 10.4 Å². The minimum absolute atomic E-state index is 0.0562. The zero-order valence-electron chi connectivity index (χ0n) is 10.8. The number of hydrogen-bond acceptors (Lipinski definition) is 2. The van der Waals surface area contributed by atoms with Gasteiger partial charge in [-0.05, 0) is 31.0 Å². The van der Waals surface area contributed by atoms with Gasteiger partial charge >= 0.3 is 0 Å². The van der Waals surface area contributed by atoms with E-state index in [1.807, 2.05) is 6.07 Å². The molecule has 0 saturated heterocycles. The van der Waals surface area contributed by atoms with Crippen LogP contribution in [0.2, 0.25) is 0 Å². The maximum atomic E-state index is 12.2. The molecule has 0 aliphatic heterocycles. The Labute approximate surface area is 122 Å². The highest BCUT2D eigenvalue weighted by Crippen LogP contribution is 2.26. The number of amides is 1. The largest absolute Gasteiger partial charge is 0.325 e. The van der Waals surface area contributed by atoms with Gasteiger partial charge in [0.05, 0.1) is 11.3 Å². The highest BCUT2D eigenvalue weighted by Gasteiger charge is 2.20. The molecule has 1 aromatic carbocycles. The lowest BCUT2D eigenvalue weighted by Gasteiger charge is -2.15. The van der Waals surface area contributed by atoms with E-state index in [9.17, 15) is 4.79 Å². The molecular formula is C15H17BrN2O. The van der Waals surface area contributed by atoms with E-state index in [4.69, 9.17) is 5.26 Å². The molecule has 0 spiro atoms. The smallest absolute Gasteiger partial charge is 0.227 e. The second-order valence-corrected chi connectivity index (χ2v) is 5.90. The van der Waals surface area contributed by atoms with Crippen LogP contribution < -0.4 is 5.32 Å². The van der Waals surface area contributed by atoms with Gasteiger partial charge in [-0.1, -0.05) is 41.6 Å². The number of hydrogen-bond donors (Lipinski definition) is 1. The molecule has 0 atom stereocenters. The molecule has 1 aliphatic rings. The Hall–Kier alpha value is -1.34. The second kappa shape index (κ2) is 6.72. The maximum Gasteiger partial charge on any atom is 0.227 e. The third kappa shape index (κ3) is 3.81. The molecule has 1 saturated carbocycles. The van der Waals surface area contributed by atoms with Crippen LogP contribution in [0.1, 0.15) is 44.1 Å². The molecule has 0 aromatic heterocycles. The first-order chi connectivity index (χ1) is 9.20. The fourth-order valence-electron chi connectivity index (χ4n) is 2.49. The van der Waals surface area contributed by atoms with Gasteiger partial charge in [0.25, 0.3) is 0 Å². The molecular weight excluding hydrogens is 304 g/mol. The highest BCUT2D eigenvalue weighted by molar-refractivity contribution is 9.10. The lowest BCUT2D eigenvalue weighted by atomic mass is 9.99. The summed E-state index contributed by atoms with van der Waals surface area (Å²) >= 11 is 3.33. The third-order valence-corrected chi connectivity index (χ3v) is 4.08. The van der Waals surface area contributed by atoms with Gasteiger partial charge in [0.15, 0.2) is 0 Å². The summed E-state index contributed by atoms with van der Waals surface area (Å²) in [6.45, 7) is 0. The molecule has 0 bridgehead atoms. The summed E-state index contributed by atoms with van der Waals surface area (Å²) in [7, 11) is 0. The van der Waals surface area contributed by atoms with Crippen LogP contribution in [0.4, 0.5) is 5.69 Å². The molecule has 1 aromatic rings. The summed E-state index contributed by atoms with van der Waals surface area (Å²) in [6.07, 6.45) is 6.64. The van der Waals surface area contributed by atoms with Crippen LogP contribution in [-0.4, -0.2) is 5.91 Å². The monoisotopic (exact) mass is 320 g/mol. The quantitative estimate of drug-likeness (QED) is 0.829. The van der Waals surface area contributed by atoms with E-state index in [1.165, 1.54) is 12.8 Å². The van der Waals surface area contributed by atoms with Crippen LogP contribution in [0.25, 0.3) is 0 Å². The molecule has 0 heterocycles. The zero-order chi connectivity index (χ0) is 13.7. The van der Waals surface area contributed by atoms with Crippen LogP contribution in [0.3, 0.4) is 0 Å². The Kier molecular flexibility index (Phi) is 4.98. The van der Waals surface area contributed by atoms with Gasteiger partial charge < -0.3 is 5.32 Å². The van der Waals surface area contributed by atoms with Crippen molar-refractivity contribution in [3.63, 3.8) is 0 Å². The fourth-order valence-corrected chi connectivity index (χ4v) is 2.86. The third-order valence-electron chi connectivity index (χ3n) is 3.59. The van der Waals surface area contributed by atoms with E-state index >= 15 is 0 Å². The summed E-state index contributed by atoms with van der Waals surface area (Å²) in [4.78, 5) is 12.2. The number of anilines is 1. The lowest BCUT2D eigenvalue weighted by molar-refractivity contribution is -0.120. The van der Waals surface area contributed by atoms with Gasteiger partial charge in [-0.15, -0.1) is 0 Å². The van der Waals surface area contributed by atoms with Gasteiger partial charge in [-0.2, -0.15) is 5.26 Å². The molecule has 1 aliphatic carbocycles. The number of benzene rings is 1. The van der Waals surface area contributed by atoms with E-state index in [-0.39, 0.29) is 11.8 Å². The Balaban J connectivity index is 2.08. The molecule has 1 amide bonds. The van der Waals surface area contributed by atoms with Gasteiger partial charge in [-0.3, -0.25) is 4.79 Å². The van der Waals surface area contributed by atoms with Crippen molar-refractivity contribution in [2.45, 2.75) is 38.5 Å². The normalized spacial score (nSPS) is 16.4. The predicted octanol–water partition coefficient (Wildman–Crippen LogP) is 4.23. The van der Waals surface area contributed by atoms with Crippen molar-refractivity contribution in [2.75, 3.05) is 5.32 Å². The number of nitrogens with zero attached hydrogens (tertiary/aromatic N) is 1. The van der Waals surface area contributed by atoms with Crippen LogP contribution in [0, 0.1) is 17.2 Å². The van der Waals surface area contributed by atoms with Crippen LogP contribution in [-0.2, 0) is 4.79 Å². The van der Waals surface area contributed by atoms with E-state index < -0.39 is 0 Å². The first kappa shape index (κ1) is 14.1. The van der Waals surface area contributed by atoms with Crippen molar-refractivity contribution in [1.82, 2.24) is 0 Å². The number of nitriles is 1. The van der Waals surface area contributed by atoms with E-state index in [0.29, 0.717) is 11.3 Å². The fraction of sp³-hybridized carbons (Fsp3) is 0.467. The second-order valence-electron chi connectivity index (χ2n) is 4.98. The van der Waals surface area contributed by atoms with E-state index in [1.54, 1.807) is 12.1 Å². The van der Waals surface area contributed by atoms with Crippen molar-refractivity contribution < 1.29 is 4.79 Å².